The summed E-state index contributed by atoms with van der Waals surface area (Å²) >= 11 is 0. The van der Waals surface area contributed by atoms with Crippen LogP contribution in [0.3, 0.4) is 0 Å². The molecule has 0 amide bonds. The third kappa shape index (κ3) is 1.54. The molecule has 0 bridgehead atoms. The summed E-state index contributed by atoms with van der Waals surface area (Å²) in [6.45, 7) is 1.87. The molecule has 0 spiro atoms. The van der Waals surface area contributed by atoms with E-state index in [-0.39, 0.29) is 17.0 Å². The SMILES string of the molecule is N#CCN1CC2CC2(c2cc(F)ccc2F)C1. The highest BCUT2D eigenvalue weighted by Gasteiger charge is 2.61. The first kappa shape index (κ1) is 10.7. The Balaban J connectivity index is 1.91. The second-order valence-electron chi connectivity index (χ2n) is 5.01. The van der Waals surface area contributed by atoms with Crippen molar-refractivity contribution < 1.29 is 8.78 Å². The summed E-state index contributed by atoms with van der Waals surface area (Å²) in [4.78, 5) is 2.01. The quantitative estimate of drug-likeness (QED) is 0.732. The summed E-state index contributed by atoms with van der Waals surface area (Å²) < 4.78 is 27.0. The van der Waals surface area contributed by atoms with Crippen molar-refractivity contribution in [3.05, 3.63) is 35.4 Å². The molecule has 1 aliphatic carbocycles. The zero-order valence-corrected chi connectivity index (χ0v) is 9.29. The first-order chi connectivity index (χ1) is 8.15. The van der Waals surface area contributed by atoms with Gasteiger partial charge < -0.3 is 0 Å². The third-order valence-corrected chi connectivity index (χ3v) is 3.98. The molecule has 17 heavy (non-hydrogen) atoms. The Morgan fingerprint density at radius 3 is 3.06 bits per heavy atom. The van der Waals surface area contributed by atoms with E-state index in [4.69, 9.17) is 5.26 Å². The maximum absolute atomic E-state index is 13.8. The Labute approximate surface area is 98.5 Å². The summed E-state index contributed by atoms with van der Waals surface area (Å²) in [5.41, 5.74) is 0.256. The van der Waals surface area contributed by atoms with Gasteiger partial charge >= 0.3 is 0 Å². The molecule has 2 aliphatic rings. The molecule has 0 N–H and O–H groups in total. The predicted molar refractivity (Wildman–Crippen MR) is 58.2 cm³/mol. The fraction of sp³-hybridized carbons (Fsp3) is 0.462. The van der Waals surface area contributed by atoms with E-state index in [1.54, 1.807) is 0 Å². The van der Waals surface area contributed by atoms with Crippen LogP contribution in [0.2, 0.25) is 0 Å². The second kappa shape index (κ2) is 3.51. The molecule has 1 saturated carbocycles. The monoisotopic (exact) mass is 234 g/mol. The van der Waals surface area contributed by atoms with Crippen LogP contribution in [0, 0.1) is 28.9 Å². The minimum atomic E-state index is -0.389. The third-order valence-electron chi connectivity index (χ3n) is 3.98. The number of hydrogen-bond acceptors (Lipinski definition) is 2. The van der Waals surface area contributed by atoms with Crippen molar-refractivity contribution in [3.8, 4) is 6.07 Å². The van der Waals surface area contributed by atoms with Gasteiger partial charge in [-0.15, -0.1) is 0 Å². The molecule has 88 valence electrons. The Kier molecular flexibility index (Phi) is 2.20. The van der Waals surface area contributed by atoms with Crippen LogP contribution < -0.4 is 0 Å². The average molecular weight is 234 g/mol. The average Bonchev–Trinajstić information content (AvgIpc) is 2.86. The standard InChI is InChI=1S/C13H12F2N2/c14-10-1-2-12(15)11(5-10)13-6-9(13)7-17(8-13)4-3-16/h1-2,5,9H,4,6-8H2. The van der Waals surface area contributed by atoms with Gasteiger partial charge in [-0.05, 0) is 36.1 Å². The van der Waals surface area contributed by atoms with Crippen molar-refractivity contribution in [1.29, 1.82) is 5.26 Å². The van der Waals surface area contributed by atoms with Gasteiger partial charge in [-0.3, -0.25) is 4.90 Å². The zero-order valence-electron chi connectivity index (χ0n) is 9.29. The summed E-state index contributed by atoms with van der Waals surface area (Å²) in [6.07, 6.45) is 0.912. The fourth-order valence-corrected chi connectivity index (χ4v) is 3.10. The first-order valence-corrected chi connectivity index (χ1v) is 5.70. The Morgan fingerprint density at radius 2 is 2.29 bits per heavy atom. The number of likely N-dealkylation sites (tertiary alicyclic amines) is 1. The van der Waals surface area contributed by atoms with E-state index in [2.05, 4.69) is 6.07 Å². The van der Waals surface area contributed by atoms with Crippen LogP contribution in [-0.4, -0.2) is 24.5 Å². The normalized spacial score (nSPS) is 31.0. The van der Waals surface area contributed by atoms with E-state index < -0.39 is 0 Å². The highest BCUT2D eigenvalue weighted by Crippen LogP contribution is 2.59. The van der Waals surface area contributed by atoms with Gasteiger partial charge in [0.15, 0.2) is 0 Å². The van der Waals surface area contributed by atoms with E-state index in [0.717, 1.165) is 19.0 Å². The predicted octanol–water partition coefficient (Wildman–Crippen LogP) is 2.06. The molecule has 1 saturated heterocycles. The molecule has 2 atom stereocenters. The number of fused-ring (bicyclic) bond motifs is 1. The minimum Gasteiger partial charge on any atom is -0.289 e. The topological polar surface area (TPSA) is 27.0 Å². The van der Waals surface area contributed by atoms with Crippen LogP contribution in [0.15, 0.2) is 18.2 Å². The van der Waals surface area contributed by atoms with Crippen molar-refractivity contribution in [2.75, 3.05) is 19.6 Å². The molecular formula is C13H12F2N2. The first-order valence-electron chi connectivity index (χ1n) is 5.70. The highest BCUT2D eigenvalue weighted by atomic mass is 19.1. The van der Waals surface area contributed by atoms with Gasteiger partial charge in [0.05, 0.1) is 12.6 Å². The summed E-state index contributed by atoms with van der Waals surface area (Å²) in [5.74, 6) is -0.333. The molecule has 1 aromatic carbocycles. The Bertz CT molecular complexity index is 509. The molecule has 0 aromatic heterocycles. The fourth-order valence-electron chi connectivity index (χ4n) is 3.10. The van der Waals surface area contributed by atoms with Gasteiger partial charge in [-0.1, -0.05) is 0 Å². The molecule has 1 aromatic rings. The van der Waals surface area contributed by atoms with Crippen LogP contribution >= 0.6 is 0 Å². The zero-order chi connectivity index (χ0) is 12.0. The van der Waals surface area contributed by atoms with E-state index in [9.17, 15) is 8.78 Å². The molecule has 0 radical (unpaired) electrons. The van der Waals surface area contributed by atoms with E-state index in [0.29, 0.717) is 24.6 Å². The van der Waals surface area contributed by atoms with Gasteiger partial charge in [0.25, 0.3) is 0 Å². The van der Waals surface area contributed by atoms with Crippen LogP contribution in [0.4, 0.5) is 8.78 Å². The summed E-state index contributed by atoms with van der Waals surface area (Å²) in [6, 6.07) is 5.76. The van der Waals surface area contributed by atoms with Crippen molar-refractivity contribution in [1.82, 2.24) is 4.90 Å². The minimum absolute atomic E-state index is 0.233. The van der Waals surface area contributed by atoms with Crippen LogP contribution in [0.25, 0.3) is 0 Å². The molecule has 4 heteroatoms. The van der Waals surface area contributed by atoms with E-state index >= 15 is 0 Å². The Morgan fingerprint density at radius 1 is 1.47 bits per heavy atom. The Hall–Kier alpha value is -1.47. The summed E-state index contributed by atoms with van der Waals surface area (Å²) in [5, 5.41) is 8.66. The number of hydrogen-bond donors (Lipinski definition) is 0. The number of nitriles is 1. The molecule has 2 nitrogen and oxygen atoms in total. The van der Waals surface area contributed by atoms with Crippen LogP contribution in [0.5, 0.6) is 0 Å². The summed E-state index contributed by atoms with van der Waals surface area (Å²) in [7, 11) is 0. The second-order valence-corrected chi connectivity index (χ2v) is 5.01. The lowest BCUT2D eigenvalue weighted by Crippen LogP contribution is -2.27. The number of benzene rings is 1. The maximum atomic E-state index is 13.8. The smallest absolute Gasteiger partial charge is 0.127 e. The maximum Gasteiger partial charge on any atom is 0.127 e. The number of rotatable bonds is 2. The van der Waals surface area contributed by atoms with Gasteiger partial charge in [-0.25, -0.2) is 8.78 Å². The molecule has 2 unspecified atom stereocenters. The van der Waals surface area contributed by atoms with E-state index in [1.165, 1.54) is 12.1 Å². The molecule has 3 rings (SSSR count). The number of nitrogens with zero attached hydrogens (tertiary/aromatic N) is 2. The van der Waals surface area contributed by atoms with Crippen molar-refractivity contribution in [2.24, 2.45) is 5.92 Å². The number of piperidine rings is 1. The lowest BCUT2D eigenvalue weighted by molar-refractivity contribution is 0.331. The largest absolute Gasteiger partial charge is 0.289 e. The van der Waals surface area contributed by atoms with Gasteiger partial charge in [0.1, 0.15) is 11.6 Å². The van der Waals surface area contributed by atoms with Gasteiger partial charge in [0, 0.05) is 18.5 Å². The van der Waals surface area contributed by atoms with Crippen molar-refractivity contribution in [3.63, 3.8) is 0 Å². The van der Waals surface area contributed by atoms with Crippen molar-refractivity contribution in [2.45, 2.75) is 11.8 Å². The van der Waals surface area contributed by atoms with Crippen LogP contribution in [0.1, 0.15) is 12.0 Å². The van der Waals surface area contributed by atoms with Crippen LogP contribution in [-0.2, 0) is 5.41 Å². The van der Waals surface area contributed by atoms with E-state index in [1.807, 2.05) is 4.90 Å². The molecular weight excluding hydrogens is 222 g/mol. The van der Waals surface area contributed by atoms with Gasteiger partial charge in [-0.2, -0.15) is 5.26 Å². The molecule has 1 heterocycles. The lowest BCUT2D eigenvalue weighted by Gasteiger charge is -2.18. The number of halogens is 2. The lowest BCUT2D eigenvalue weighted by atomic mass is 9.94. The van der Waals surface area contributed by atoms with Crippen molar-refractivity contribution >= 4 is 0 Å². The van der Waals surface area contributed by atoms with Gasteiger partial charge in [0.2, 0.25) is 0 Å². The molecule has 1 aliphatic heterocycles. The highest BCUT2D eigenvalue weighted by molar-refractivity contribution is 5.38. The molecule has 2 fully saturated rings.